The fraction of sp³-hybridized carbons (Fsp3) is 0.524. The third-order valence-electron chi connectivity index (χ3n) is 5.65. The highest BCUT2D eigenvalue weighted by Gasteiger charge is 2.49. The van der Waals surface area contributed by atoms with Crippen LogP contribution in [-0.2, 0) is 20.7 Å². The maximum atomic E-state index is 12.9. The molecule has 1 aromatic carbocycles. The highest BCUT2D eigenvalue weighted by molar-refractivity contribution is 5.89. The van der Waals surface area contributed by atoms with Crippen molar-refractivity contribution < 1.29 is 23.5 Å². The van der Waals surface area contributed by atoms with Gasteiger partial charge in [-0.1, -0.05) is 13.8 Å². The van der Waals surface area contributed by atoms with Crippen LogP contribution in [0.5, 0.6) is 5.75 Å². The van der Waals surface area contributed by atoms with Crippen molar-refractivity contribution in [3.05, 3.63) is 30.0 Å². The van der Waals surface area contributed by atoms with Crippen molar-refractivity contribution >= 4 is 22.8 Å². The molecule has 1 amide bonds. The number of amides is 1. The van der Waals surface area contributed by atoms with E-state index in [2.05, 4.69) is 0 Å². The van der Waals surface area contributed by atoms with Crippen molar-refractivity contribution in [3.8, 4) is 5.75 Å². The van der Waals surface area contributed by atoms with E-state index in [4.69, 9.17) is 13.9 Å². The zero-order valence-corrected chi connectivity index (χ0v) is 16.4. The molecule has 146 valence electrons. The zero-order valence-electron chi connectivity index (χ0n) is 16.4. The Balaban J connectivity index is 1.75. The SMILES string of the molecule is CCOC(=O)[C@]1(C(C)C)CCN(C(=O)Cc2coc3cc(OC)ccc23)C1. The lowest BCUT2D eigenvalue weighted by Gasteiger charge is -2.30. The molecule has 0 aliphatic carbocycles. The van der Waals surface area contributed by atoms with Crippen LogP contribution >= 0.6 is 0 Å². The molecular formula is C21H27NO5. The molecule has 6 heteroatoms. The number of carbonyl (C=O) groups is 2. The lowest BCUT2D eigenvalue weighted by atomic mass is 9.76. The first-order valence-corrected chi connectivity index (χ1v) is 9.40. The van der Waals surface area contributed by atoms with Gasteiger partial charge in [-0.25, -0.2) is 0 Å². The lowest BCUT2D eigenvalue weighted by molar-refractivity contribution is -0.157. The van der Waals surface area contributed by atoms with Gasteiger partial charge < -0.3 is 18.8 Å². The molecule has 1 aliphatic heterocycles. The van der Waals surface area contributed by atoms with Gasteiger partial charge in [-0.3, -0.25) is 9.59 Å². The summed E-state index contributed by atoms with van der Waals surface area (Å²) < 4.78 is 16.1. The monoisotopic (exact) mass is 373 g/mol. The molecule has 3 rings (SSSR count). The van der Waals surface area contributed by atoms with E-state index in [-0.39, 0.29) is 24.2 Å². The predicted molar refractivity (Wildman–Crippen MR) is 102 cm³/mol. The Kier molecular flexibility index (Phi) is 5.44. The summed E-state index contributed by atoms with van der Waals surface area (Å²) >= 11 is 0. The van der Waals surface area contributed by atoms with Crippen molar-refractivity contribution in [3.63, 3.8) is 0 Å². The van der Waals surface area contributed by atoms with E-state index in [1.807, 2.05) is 39.0 Å². The second kappa shape index (κ2) is 7.62. The normalized spacial score (nSPS) is 19.7. The summed E-state index contributed by atoms with van der Waals surface area (Å²) in [5.41, 5.74) is 0.926. The molecule has 0 spiro atoms. The van der Waals surface area contributed by atoms with E-state index in [1.165, 1.54) is 0 Å². The summed E-state index contributed by atoms with van der Waals surface area (Å²) in [5, 5.41) is 0.906. The molecule has 2 heterocycles. The number of furan rings is 1. The van der Waals surface area contributed by atoms with Gasteiger partial charge in [-0.2, -0.15) is 0 Å². The molecule has 1 aliphatic rings. The van der Waals surface area contributed by atoms with E-state index >= 15 is 0 Å². The Bertz CT molecular complexity index is 840. The molecule has 1 saturated heterocycles. The Morgan fingerprint density at radius 1 is 1.33 bits per heavy atom. The van der Waals surface area contributed by atoms with Crippen LogP contribution < -0.4 is 4.74 Å². The van der Waals surface area contributed by atoms with Crippen LogP contribution in [-0.4, -0.2) is 43.6 Å². The van der Waals surface area contributed by atoms with Gasteiger partial charge in [-0.15, -0.1) is 0 Å². The first-order chi connectivity index (χ1) is 12.9. The standard InChI is InChI=1S/C21H27NO5/c1-5-26-20(24)21(14(2)3)8-9-22(13-21)19(23)10-15-12-27-18-11-16(25-4)6-7-17(15)18/h6-7,11-12,14H,5,8-10,13H2,1-4H3/t21-/m1/s1. The third kappa shape index (κ3) is 3.53. The summed E-state index contributed by atoms with van der Waals surface area (Å²) in [7, 11) is 1.60. The van der Waals surface area contributed by atoms with Gasteiger partial charge in [0, 0.05) is 30.1 Å². The Morgan fingerprint density at radius 3 is 2.78 bits per heavy atom. The minimum Gasteiger partial charge on any atom is -0.497 e. The van der Waals surface area contributed by atoms with Gasteiger partial charge in [0.05, 0.1) is 31.8 Å². The molecule has 0 N–H and O–H groups in total. The molecule has 6 nitrogen and oxygen atoms in total. The van der Waals surface area contributed by atoms with Crippen LogP contribution in [0.2, 0.25) is 0 Å². The van der Waals surface area contributed by atoms with Gasteiger partial charge in [0.2, 0.25) is 5.91 Å². The molecule has 2 aromatic rings. The first kappa shape index (κ1) is 19.3. The highest BCUT2D eigenvalue weighted by atomic mass is 16.5. The first-order valence-electron chi connectivity index (χ1n) is 9.40. The van der Waals surface area contributed by atoms with Crippen LogP contribution in [0.4, 0.5) is 0 Å². The topological polar surface area (TPSA) is 69.0 Å². The number of carbonyl (C=O) groups excluding carboxylic acids is 2. The third-order valence-corrected chi connectivity index (χ3v) is 5.65. The van der Waals surface area contributed by atoms with Crippen LogP contribution in [0, 0.1) is 11.3 Å². The maximum Gasteiger partial charge on any atom is 0.314 e. The fourth-order valence-corrected chi connectivity index (χ4v) is 3.80. The van der Waals surface area contributed by atoms with Gasteiger partial charge >= 0.3 is 5.97 Å². The number of nitrogens with zero attached hydrogens (tertiary/aromatic N) is 1. The van der Waals surface area contributed by atoms with E-state index in [0.717, 1.165) is 10.9 Å². The number of esters is 1. The maximum absolute atomic E-state index is 12.9. The quantitative estimate of drug-likeness (QED) is 0.726. The summed E-state index contributed by atoms with van der Waals surface area (Å²) in [4.78, 5) is 27.2. The average Bonchev–Trinajstić information content (AvgIpc) is 3.27. The molecule has 27 heavy (non-hydrogen) atoms. The van der Waals surface area contributed by atoms with E-state index in [1.54, 1.807) is 18.3 Å². The van der Waals surface area contributed by atoms with E-state index < -0.39 is 5.41 Å². The van der Waals surface area contributed by atoms with E-state index in [9.17, 15) is 9.59 Å². The minimum atomic E-state index is -0.614. The highest BCUT2D eigenvalue weighted by Crippen LogP contribution is 2.39. The molecule has 1 atom stereocenters. The largest absolute Gasteiger partial charge is 0.497 e. The smallest absolute Gasteiger partial charge is 0.314 e. The molecule has 0 unspecified atom stereocenters. The number of hydrogen-bond acceptors (Lipinski definition) is 5. The molecule has 0 saturated carbocycles. The van der Waals surface area contributed by atoms with Crippen molar-refractivity contribution in [2.75, 3.05) is 26.8 Å². The fourth-order valence-electron chi connectivity index (χ4n) is 3.80. The molecular weight excluding hydrogens is 346 g/mol. The number of rotatable bonds is 6. The second-order valence-electron chi connectivity index (χ2n) is 7.40. The van der Waals surface area contributed by atoms with Gasteiger partial charge in [0.15, 0.2) is 0 Å². The summed E-state index contributed by atoms with van der Waals surface area (Å²) in [6.45, 7) is 7.17. The molecule has 0 bridgehead atoms. The Labute approximate surface area is 159 Å². The zero-order chi connectivity index (χ0) is 19.6. The number of hydrogen-bond donors (Lipinski definition) is 0. The summed E-state index contributed by atoms with van der Waals surface area (Å²) in [6, 6.07) is 5.57. The average molecular weight is 373 g/mol. The summed E-state index contributed by atoms with van der Waals surface area (Å²) in [6.07, 6.45) is 2.51. The van der Waals surface area contributed by atoms with Crippen molar-refractivity contribution in [2.45, 2.75) is 33.6 Å². The van der Waals surface area contributed by atoms with Crippen LogP contribution in [0.3, 0.4) is 0 Å². The number of benzene rings is 1. The van der Waals surface area contributed by atoms with Gasteiger partial charge in [-0.05, 0) is 31.4 Å². The number of methoxy groups -OCH3 is 1. The second-order valence-corrected chi connectivity index (χ2v) is 7.40. The number of fused-ring (bicyclic) bond motifs is 1. The molecule has 0 radical (unpaired) electrons. The molecule has 1 fully saturated rings. The Hall–Kier alpha value is -2.50. The van der Waals surface area contributed by atoms with Crippen LogP contribution in [0.25, 0.3) is 11.0 Å². The van der Waals surface area contributed by atoms with Crippen LogP contribution in [0.15, 0.2) is 28.9 Å². The number of ether oxygens (including phenoxy) is 2. The van der Waals surface area contributed by atoms with Gasteiger partial charge in [0.1, 0.15) is 11.3 Å². The van der Waals surface area contributed by atoms with Crippen molar-refractivity contribution in [1.82, 2.24) is 4.90 Å². The number of likely N-dealkylation sites (tertiary alicyclic amines) is 1. The molecule has 1 aromatic heterocycles. The van der Waals surface area contributed by atoms with Crippen molar-refractivity contribution in [1.29, 1.82) is 0 Å². The van der Waals surface area contributed by atoms with Crippen LogP contribution in [0.1, 0.15) is 32.8 Å². The lowest BCUT2D eigenvalue weighted by Crippen LogP contribution is -2.42. The van der Waals surface area contributed by atoms with E-state index in [0.29, 0.717) is 37.4 Å². The van der Waals surface area contributed by atoms with Crippen molar-refractivity contribution in [2.24, 2.45) is 11.3 Å². The predicted octanol–water partition coefficient (Wildman–Crippen LogP) is 3.42. The van der Waals surface area contributed by atoms with Gasteiger partial charge in [0.25, 0.3) is 0 Å². The Morgan fingerprint density at radius 2 is 2.11 bits per heavy atom. The minimum absolute atomic E-state index is 0.000316. The summed E-state index contributed by atoms with van der Waals surface area (Å²) in [5.74, 6) is 0.624.